The maximum atomic E-state index is 12.2. The molecule has 31 heavy (non-hydrogen) atoms. The van der Waals surface area contributed by atoms with E-state index in [4.69, 9.17) is 18.9 Å². The number of aromatic hydroxyl groups is 1. The Morgan fingerprint density at radius 3 is 2.74 bits per heavy atom. The average Bonchev–Trinajstić information content (AvgIpc) is 2.72. The second-order valence-corrected chi connectivity index (χ2v) is 9.89. The first-order valence-corrected chi connectivity index (χ1v) is 11.7. The summed E-state index contributed by atoms with van der Waals surface area (Å²) in [7, 11) is 0. The fourth-order valence-electron chi connectivity index (χ4n) is 5.03. The van der Waals surface area contributed by atoms with E-state index in [-0.39, 0.29) is 36.5 Å². The highest BCUT2D eigenvalue weighted by molar-refractivity contribution is 5.71. The number of esters is 1. The third-order valence-electron chi connectivity index (χ3n) is 6.94. The number of phenols is 1. The lowest BCUT2D eigenvalue weighted by atomic mass is 9.86. The van der Waals surface area contributed by atoms with Gasteiger partial charge < -0.3 is 24.1 Å². The normalized spacial score (nSPS) is 27.9. The third-order valence-corrected chi connectivity index (χ3v) is 6.94. The molecule has 3 aliphatic rings. The highest BCUT2D eigenvalue weighted by Gasteiger charge is 2.34. The van der Waals surface area contributed by atoms with Gasteiger partial charge in [0.25, 0.3) is 0 Å². The fourth-order valence-corrected chi connectivity index (χ4v) is 5.03. The molecule has 0 spiro atoms. The molecule has 1 aromatic rings. The van der Waals surface area contributed by atoms with E-state index in [1.54, 1.807) is 0 Å². The molecular formula is C25H36O6. The van der Waals surface area contributed by atoms with Gasteiger partial charge >= 0.3 is 5.97 Å². The Balaban J connectivity index is 1.47. The number of ether oxygens (including phenoxy) is 4. The molecule has 2 saturated heterocycles. The zero-order valence-electron chi connectivity index (χ0n) is 19.3. The summed E-state index contributed by atoms with van der Waals surface area (Å²) >= 11 is 0. The molecule has 1 N–H and O–H groups in total. The number of phenolic OH excluding ortho intramolecular Hbond substituents is 1. The van der Waals surface area contributed by atoms with E-state index in [2.05, 4.69) is 13.8 Å². The summed E-state index contributed by atoms with van der Waals surface area (Å²) in [5.74, 6) is 1.06. The van der Waals surface area contributed by atoms with Crippen LogP contribution in [-0.4, -0.2) is 41.8 Å². The number of carbonyl (C=O) groups is 1. The second-order valence-electron chi connectivity index (χ2n) is 9.89. The predicted molar refractivity (Wildman–Crippen MR) is 117 cm³/mol. The first-order chi connectivity index (χ1) is 14.7. The molecule has 3 aliphatic heterocycles. The van der Waals surface area contributed by atoms with Gasteiger partial charge in [0.2, 0.25) is 0 Å². The zero-order valence-corrected chi connectivity index (χ0v) is 19.3. The molecule has 0 saturated carbocycles. The number of rotatable bonds is 5. The van der Waals surface area contributed by atoms with Crippen molar-refractivity contribution in [3.8, 4) is 11.5 Å². The number of fused-ring (bicyclic) bond motifs is 1. The van der Waals surface area contributed by atoms with E-state index < -0.39 is 0 Å². The van der Waals surface area contributed by atoms with Crippen molar-refractivity contribution in [3.05, 3.63) is 22.3 Å². The van der Waals surface area contributed by atoms with E-state index in [9.17, 15) is 9.90 Å². The van der Waals surface area contributed by atoms with Gasteiger partial charge in [0.05, 0.1) is 12.5 Å². The summed E-state index contributed by atoms with van der Waals surface area (Å²) in [5.41, 5.74) is 3.68. The molecule has 6 heteroatoms. The molecule has 0 aromatic heterocycles. The van der Waals surface area contributed by atoms with Gasteiger partial charge in [0.1, 0.15) is 23.2 Å². The van der Waals surface area contributed by atoms with Crippen LogP contribution in [-0.2, 0) is 31.8 Å². The summed E-state index contributed by atoms with van der Waals surface area (Å²) in [4.78, 5) is 12.2. The van der Waals surface area contributed by atoms with E-state index in [1.807, 2.05) is 13.8 Å². The van der Waals surface area contributed by atoms with Crippen LogP contribution >= 0.6 is 0 Å². The van der Waals surface area contributed by atoms with Gasteiger partial charge in [-0.25, -0.2) is 0 Å². The van der Waals surface area contributed by atoms with Gasteiger partial charge in [-0.05, 0) is 83.8 Å². The molecule has 0 bridgehead atoms. The summed E-state index contributed by atoms with van der Waals surface area (Å²) in [6, 6.07) is 0. The monoisotopic (exact) mass is 432 g/mol. The number of hydrogen-bond donors (Lipinski definition) is 1. The van der Waals surface area contributed by atoms with Crippen LogP contribution < -0.4 is 4.74 Å². The lowest BCUT2D eigenvalue weighted by Gasteiger charge is -2.36. The summed E-state index contributed by atoms with van der Waals surface area (Å²) < 4.78 is 23.8. The van der Waals surface area contributed by atoms with Crippen LogP contribution in [0.4, 0.5) is 0 Å². The molecule has 1 unspecified atom stereocenters. The van der Waals surface area contributed by atoms with Crippen LogP contribution in [0.2, 0.25) is 0 Å². The van der Waals surface area contributed by atoms with Gasteiger partial charge in [0.15, 0.2) is 6.29 Å². The van der Waals surface area contributed by atoms with Crippen molar-refractivity contribution in [2.75, 3.05) is 6.61 Å². The van der Waals surface area contributed by atoms with Gasteiger partial charge in [-0.2, -0.15) is 0 Å². The van der Waals surface area contributed by atoms with E-state index in [0.717, 1.165) is 66.7 Å². The minimum Gasteiger partial charge on any atom is -0.507 e. The average molecular weight is 433 g/mol. The second kappa shape index (κ2) is 8.99. The summed E-state index contributed by atoms with van der Waals surface area (Å²) in [5, 5.41) is 10.7. The van der Waals surface area contributed by atoms with Crippen molar-refractivity contribution in [3.63, 3.8) is 0 Å². The van der Waals surface area contributed by atoms with E-state index in [0.29, 0.717) is 25.0 Å². The Morgan fingerprint density at radius 2 is 2.00 bits per heavy atom. The van der Waals surface area contributed by atoms with Crippen molar-refractivity contribution in [1.29, 1.82) is 0 Å². The minimum absolute atomic E-state index is 0.161. The molecule has 2 fully saturated rings. The van der Waals surface area contributed by atoms with Crippen LogP contribution in [0.5, 0.6) is 11.5 Å². The van der Waals surface area contributed by atoms with Crippen LogP contribution in [0.3, 0.4) is 0 Å². The van der Waals surface area contributed by atoms with Crippen molar-refractivity contribution in [2.45, 2.75) is 110 Å². The van der Waals surface area contributed by atoms with Crippen LogP contribution in [0.25, 0.3) is 0 Å². The largest absolute Gasteiger partial charge is 0.507 e. The number of benzene rings is 1. The molecule has 0 radical (unpaired) electrons. The van der Waals surface area contributed by atoms with Crippen molar-refractivity contribution >= 4 is 5.97 Å². The quantitative estimate of drug-likeness (QED) is 0.682. The maximum absolute atomic E-state index is 12.2. The zero-order chi connectivity index (χ0) is 22.2. The van der Waals surface area contributed by atoms with Crippen LogP contribution in [0.15, 0.2) is 0 Å². The predicted octanol–water partition coefficient (Wildman–Crippen LogP) is 4.66. The van der Waals surface area contributed by atoms with Crippen LogP contribution in [0, 0.1) is 13.8 Å². The first kappa shape index (κ1) is 22.4. The Hall–Kier alpha value is -1.79. The highest BCUT2D eigenvalue weighted by Crippen LogP contribution is 2.44. The van der Waals surface area contributed by atoms with Crippen molar-refractivity contribution in [2.24, 2.45) is 0 Å². The molecule has 6 nitrogen and oxygen atoms in total. The van der Waals surface area contributed by atoms with Crippen LogP contribution in [0.1, 0.15) is 81.0 Å². The summed E-state index contributed by atoms with van der Waals surface area (Å²) in [6.07, 6.45) is 6.63. The van der Waals surface area contributed by atoms with Gasteiger partial charge in [0, 0.05) is 24.2 Å². The Labute approximate surface area is 185 Å². The number of carbonyl (C=O) groups excluding carboxylic acids is 1. The molecule has 1 aromatic carbocycles. The minimum atomic E-state index is -0.228. The Bertz CT molecular complexity index is 824. The van der Waals surface area contributed by atoms with Crippen molar-refractivity contribution in [1.82, 2.24) is 0 Å². The summed E-state index contributed by atoms with van der Waals surface area (Å²) in [6.45, 7) is 8.85. The Morgan fingerprint density at radius 1 is 1.19 bits per heavy atom. The molecular weight excluding hydrogens is 396 g/mol. The third kappa shape index (κ3) is 5.01. The molecule has 3 atom stereocenters. The van der Waals surface area contributed by atoms with Gasteiger partial charge in [-0.3, -0.25) is 4.79 Å². The molecule has 0 aliphatic carbocycles. The lowest BCUT2D eigenvalue weighted by Crippen LogP contribution is -2.38. The topological polar surface area (TPSA) is 74.2 Å². The van der Waals surface area contributed by atoms with E-state index >= 15 is 0 Å². The lowest BCUT2D eigenvalue weighted by molar-refractivity contribution is -0.209. The van der Waals surface area contributed by atoms with Gasteiger partial charge in [-0.1, -0.05) is 0 Å². The Kier molecular flexibility index (Phi) is 6.50. The molecule has 4 rings (SSSR count). The number of hydrogen-bond acceptors (Lipinski definition) is 6. The standard InChI is InChI=1S/C25H36O6/c1-15-19(24-20(16(2)23(15)27)10-11-25(3,4)31-24)9-8-17-13-18(14-21(26)29-17)30-22-7-5-6-12-28-22/h17-18,22,27H,5-14H2,1-4H3/t17-,18-,22?/m1/s1. The fraction of sp³-hybridized carbons (Fsp3) is 0.720. The van der Waals surface area contributed by atoms with E-state index in [1.165, 1.54) is 0 Å². The van der Waals surface area contributed by atoms with Crippen molar-refractivity contribution < 1.29 is 28.8 Å². The number of cyclic esters (lactones) is 1. The first-order valence-electron chi connectivity index (χ1n) is 11.7. The maximum Gasteiger partial charge on any atom is 0.308 e. The smallest absolute Gasteiger partial charge is 0.308 e. The highest BCUT2D eigenvalue weighted by atomic mass is 16.7. The molecule has 0 amide bonds. The molecule has 3 heterocycles. The van der Waals surface area contributed by atoms with Gasteiger partial charge in [-0.15, -0.1) is 0 Å². The molecule has 172 valence electrons. The SMILES string of the molecule is Cc1c(O)c(C)c2c(c1CC[C@@H]1C[C@@H](OC3CCCCO3)CC(=O)O1)OC(C)(C)CC2.